The standard InChI is InChI=1S/C13H18BrFN2O/c1-16-5-7-17(8-6-16)9-10-12(18-2)4-3-11(15)13(10)14/h3-4H,5-9H2,1-2H3. The Morgan fingerprint density at radius 1 is 1.28 bits per heavy atom. The zero-order chi connectivity index (χ0) is 13.1. The second kappa shape index (κ2) is 5.99. The molecule has 1 aromatic rings. The lowest BCUT2D eigenvalue weighted by Crippen LogP contribution is -2.44. The number of rotatable bonds is 3. The highest BCUT2D eigenvalue weighted by molar-refractivity contribution is 9.10. The van der Waals surface area contributed by atoms with E-state index in [9.17, 15) is 4.39 Å². The molecule has 1 aliphatic heterocycles. The van der Waals surface area contributed by atoms with Crippen molar-refractivity contribution in [1.82, 2.24) is 9.80 Å². The smallest absolute Gasteiger partial charge is 0.137 e. The summed E-state index contributed by atoms with van der Waals surface area (Å²) in [6.45, 7) is 4.82. The second-order valence-electron chi connectivity index (χ2n) is 4.62. The third-order valence-electron chi connectivity index (χ3n) is 3.35. The summed E-state index contributed by atoms with van der Waals surface area (Å²) in [5, 5.41) is 0. The van der Waals surface area contributed by atoms with E-state index in [0.717, 1.165) is 44.0 Å². The Bertz CT molecular complexity index is 420. The van der Waals surface area contributed by atoms with Crippen LogP contribution in [0.25, 0.3) is 0 Å². The Hall–Kier alpha value is -0.650. The van der Waals surface area contributed by atoms with Crippen LogP contribution >= 0.6 is 15.9 Å². The molecule has 2 rings (SSSR count). The van der Waals surface area contributed by atoms with Crippen LogP contribution in [0.1, 0.15) is 5.56 Å². The monoisotopic (exact) mass is 316 g/mol. The number of hydrogen-bond donors (Lipinski definition) is 0. The van der Waals surface area contributed by atoms with Crippen molar-refractivity contribution in [3.63, 3.8) is 0 Å². The molecule has 1 aromatic carbocycles. The van der Waals surface area contributed by atoms with Crippen LogP contribution in [0.3, 0.4) is 0 Å². The topological polar surface area (TPSA) is 15.7 Å². The zero-order valence-electron chi connectivity index (χ0n) is 10.7. The van der Waals surface area contributed by atoms with Gasteiger partial charge in [-0.3, -0.25) is 4.90 Å². The molecular formula is C13H18BrFN2O. The van der Waals surface area contributed by atoms with E-state index in [0.29, 0.717) is 4.47 Å². The molecule has 0 N–H and O–H groups in total. The van der Waals surface area contributed by atoms with E-state index in [2.05, 4.69) is 32.8 Å². The van der Waals surface area contributed by atoms with Crippen LogP contribution in [0, 0.1) is 5.82 Å². The molecule has 0 atom stereocenters. The van der Waals surface area contributed by atoms with Gasteiger partial charge in [-0.05, 0) is 35.1 Å². The Labute approximate surface area is 116 Å². The number of nitrogens with zero attached hydrogens (tertiary/aromatic N) is 2. The minimum atomic E-state index is -0.236. The highest BCUT2D eigenvalue weighted by Crippen LogP contribution is 2.30. The van der Waals surface area contributed by atoms with Gasteiger partial charge in [-0.1, -0.05) is 0 Å². The SMILES string of the molecule is COc1ccc(F)c(Br)c1CN1CCN(C)CC1. The van der Waals surface area contributed by atoms with Crippen LogP contribution in [0.15, 0.2) is 16.6 Å². The van der Waals surface area contributed by atoms with Crippen molar-refractivity contribution in [2.45, 2.75) is 6.54 Å². The van der Waals surface area contributed by atoms with Gasteiger partial charge in [0.2, 0.25) is 0 Å². The van der Waals surface area contributed by atoms with Gasteiger partial charge in [0.15, 0.2) is 0 Å². The van der Waals surface area contributed by atoms with Crippen molar-refractivity contribution >= 4 is 15.9 Å². The largest absolute Gasteiger partial charge is 0.496 e. The Balaban J connectivity index is 2.15. The van der Waals surface area contributed by atoms with Crippen LogP contribution in [0.2, 0.25) is 0 Å². The van der Waals surface area contributed by atoms with E-state index < -0.39 is 0 Å². The van der Waals surface area contributed by atoms with Crippen molar-refractivity contribution in [2.24, 2.45) is 0 Å². The molecule has 0 spiro atoms. The van der Waals surface area contributed by atoms with E-state index in [1.54, 1.807) is 13.2 Å². The maximum absolute atomic E-state index is 13.6. The molecule has 0 amide bonds. The molecule has 0 aliphatic carbocycles. The van der Waals surface area contributed by atoms with E-state index >= 15 is 0 Å². The average Bonchev–Trinajstić information content (AvgIpc) is 2.38. The number of likely N-dealkylation sites (N-methyl/N-ethyl adjacent to an activating group) is 1. The summed E-state index contributed by atoms with van der Waals surface area (Å²) in [6.07, 6.45) is 0. The van der Waals surface area contributed by atoms with Crippen molar-refractivity contribution in [3.8, 4) is 5.75 Å². The number of halogens is 2. The highest BCUT2D eigenvalue weighted by atomic mass is 79.9. The van der Waals surface area contributed by atoms with Gasteiger partial charge >= 0.3 is 0 Å². The normalized spacial score (nSPS) is 18.0. The molecule has 100 valence electrons. The van der Waals surface area contributed by atoms with E-state index in [4.69, 9.17) is 4.74 Å². The summed E-state index contributed by atoms with van der Waals surface area (Å²) in [5.41, 5.74) is 0.891. The number of benzene rings is 1. The summed E-state index contributed by atoms with van der Waals surface area (Å²) in [4.78, 5) is 4.62. The molecule has 0 bridgehead atoms. The van der Waals surface area contributed by atoms with Gasteiger partial charge in [0.25, 0.3) is 0 Å². The Morgan fingerprint density at radius 3 is 2.56 bits per heavy atom. The van der Waals surface area contributed by atoms with Gasteiger partial charge in [0.05, 0.1) is 11.6 Å². The third-order valence-corrected chi connectivity index (χ3v) is 4.21. The quantitative estimate of drug-likeness (QED) is 0.851. The van der Waals surface area contributed by atoms with Crippen molar-refractivity contribution in [1.29, 1.82) is 0 Å². The molecule has 3 nitrogen and oxygen atoms in total. The van der Waals surface area contributed by atoms with Crippen LogP contribution in [-0.4, -0.2) is 50.1 Å². The lowest BCUT2D eigenvalue weighted by Gasteiger charge is -2.32. The molecule has 0 radical (unpaired) electrons. The van der Waals surface area contributed by atoms with Gasteiger partial charge in [-0.2, -0.15) is 0 Å². The van der Waals surface area contributed by atoms with E-state index in [1.807, 2.05) is 0 Å². The lowest BCUT2D eigenvalue weighted by atomic mass is 10.1. The van der Waals surface area contributed by atoms with Crippen LogP contribution in [0.5, 0.6) is 5.75 Å². The summed E-state index contributed by atoms with van der Waals surface area (Å²) < 4.78 is 19.4. The molecule has 0 unspecified atom stereocenters. The average molecular weight is 317 g/mol. The summed E-state index contributed by atoms with van der Waals surface area (Å²) >= 11 is 3.32. The first-order chi connectivity index (χ1) is 8.61. The maximum Gasteiger partial charge on any atom is 0.137 e. The number of methoxy groups -OCH3 is 1. The second-order valence-corrected chi connectivity index (χ2v) is 5.41. The van der Waals surface area contributed by atoms with Gasteiger partial charge in [0, 0.05) is 38.3 Å². The summed E-state index contributed by atoms with van der Waals surface area (Å²) in [5.74, 6) is 0.502. The summed E-state index contributed by atoms with van der Waals surface area (Å²) in [7, 11) is 3.74. The minimum Gasteiger partial charge on any atom is -0.496 e. The van der Waals surface area contributed by atoms with Gasteiger partial charge in [-0.25, -0.2) is 4.39 Å². The third kappa shape index (κ3) is 3.02. The fraction of sp³-hybridized carbons (Fsp3) is 0.538. The fourth-order valence-electron chi connectivity index (χ4n) is 2.14. The lowest BCUT2D eigenvalue weighted by molar-refractivity contribution is 0.146. The highest BCUT2D eigenvalue weighted by Gasteiger charge is 2.18. The van der Waals surface area contributed by atoms with Crippen molar-refractivity contribution in [2.75, 3.05) is 40.3 Å². The minimum absolute atomic E-state index is 0.236. The predicted octanol–water partition coefficient (Wildman–Crippen LogP) is 2.34. The van der Waals surface area contributed by atoms with E-state index in [1.165, 1.54) is 6.07 Å². The van der Waals surface area contributed by atoms with Crippen LogP contribution in [-0.2, 0) is 6.54 Å². The molecule has 18 heavy (non-hydrogen) atoms. The van der Waals surface area contributed by atoms with Crippen LogP contribution in [0.4, 0.5) is 4.39 Å². The predicted molar refractivity (Wildman–Crippen MR) is 73.4 cm³/mol. The zero-order valence-corrected chi connectivity index (χ0v) is 12.3. The first kappa shape index (κ1) is 13.8. The van der Waals surface area contributed by atoms with Gasteiger partial charge in [0.1, 0.15) is 11.6 Å². The molecule has 1 aliphatic rings. The molecule has 1 saturated heterocycles. The number of hydrogen-bond acceptors (Lipinski definition) is 3. The molecule has 0 saturated carbocycles. The summed E-state index contributed by atoms with van der Waals surface area (Å²) in [6, 6.07) is 3.11. The van der Waals surface area contributed by atoms with Gasteiger partial charge in [-0.15, -0.1) is 0 Å². The molecule has 5 heteroatoms. The van der Waals surface area contributed by atoms with Gasteiger partial charge < -0.3 is 9.64 Å². The molecule has 1 heterocycles. The van der Waals surface area contributed by atoms with Crippen LogP contribution < -0.4 is 4.74 Å². The molecular weight excluding hydrogens is 299 g/mol. The fourth-order valence-corrected chi connectivity index (χ4v) is 2.60. The molecule has 1 fully saturated rings. The number of ether oxygens (including phenoxy) is 1. The molecule has 0 aromatic heterocycles. The Kier molecular flexibility index (Phi) is 4.59. The first-order valence-electron chi connectivity index (χ1n) is 6.03. The Morgan fingerprint density at radius 2 is 1.94 bits per heavy atom. The first-order valence-corrected chi connectivity index (χ1v) is 6.83. The van der Waals surface area contributed by atoms with Crippen molar-refractivity contribution in [3.05, 3.63) is 28.0 Å². The van der Waals surface area contributed by atoms with Crippen molar-refractivity contribution < 1.29 is 9.13 Å². The maximum atomic E-state index is 13.6. The number of piperazine rings is 1. The van der Waals surface area contributed by atoms with E-state index in [-0.39, 0.29) is 5.82 Å².